The summed E-state index contributed by atoms with van der Waals surface area (Å²) in [4.78, 5) is 4.22. The number of fused-ring (bicyclic) bond motifs is 1. The van der Waals surface area contributed by atoms with Crippen molar-refractivity contribution in [3.8, 4) is 0 Å². The van der Waals surface area contributed by atoms with Crippen molar-refractivity contribution < 1.29 is 4.39 Å². The molecule has 2 heterocycles. The first kappa shape index (κ1) is 11.2. The first-order valence-corrected chi connectivity index (χ1v) is 6.26. The van der Waals surface area contributed by atoms with Crippen LogP contribution in [0.3, 0.4) is 0 Å². The Hall–Kier alpha value is -1.30. The number of thioether (sulfide) groups is 1. The molecule has 0 saturated carbocycles. The van der Waals surface area contributed by atoms with Crippen molar-refractivity contribution >= 4 is 23.4 Å². The lowest BCUT2D eigenvalue weighted by Gasteiger charge is -2.06. The molecule has 0 fully saturated rings. The van der Waals surface area contributed by atoms with E-state index in [0.717, 1.165) is 6.54 Å². The highest BCUT2D eigenvalue weighted by Gasteiger charge is 2.05. The summed E-state index contributed by atoms with van der Waals surface area (Å²) in [5.74, 6) is 0.216. The second kappa shape index (κ2) is 4.69. The third kappa shape index (κ3) is 2.44. The smallest absolute Gasteiger partial charge is 0.243 e. The van der Waals surface area contributed by atoms with Gasteiger partial charge in [-0.3, -0.25) is 0 Å². The average Bonchev–Trinajstić information content (AvgIpc) is 2.67. The Labute approximate surface area is 97.3 Å². The van der Waals surface area contributed by atoms with Gasteiger partial charge in [-0.25, -0.2) is 8.91 Å². The number of hydrogen-bond donors (Lipinski definition) is 1. The number of pyridine rings is 1. The van der Waals surface area contributed by atoms with E-state index >= 15 is 0 Å². The van der Waals surface area contributed by atoms with Crippen LogP contribution in [0.4, 0.5) is 10.3 Å². The third-order valence-corrected chi connectivity index (χ3v) is 3.22. The predicted octanol–water partition coefficient (Wildman–Crippen LogP) is 2.03. The molecule has 0 radical (unpaired) electrons. The molecule has 0 aliphatic carbocycles. The maximum atomic E-state index is 12.9. The molecule has 0 aromatic carbocycles. The Balaban J connectivity index is 2.13. The quantitative estimate of drug-likeness (QED) is 0.888. The van der Waals surface area contributed by atoms with Gasteiger partial charge >= 0.3 is 0 Å². The van der Waals surface area contributed by atoms with Gasteiger partial charge in [-0.05, 0) is 18.4 Å². The third-order valence-electron chi connectivity index (χ3n) is 2.24. The first-order valence-electron chi connectivity index (χ1n) is 4.97. The highest BCUT2D eigenvalue weighted by atomic mass is 32.2. The van der Waals surface area contributed by atoms with Gasteiger partial charge in [0.05, 0.1) is 6.20 Å². The minimum Gasteiger partial charge on any atom is -0.352 e. The van der Waals surface area contributed by atoms with Crippen molar-refractivity contribution in [2.45, 2.75) is 12.2 Å². The lowest BCUT2D eigenvalue weighted by molar-refractivity contribution is 0.615. The molecule has 1 N–H and O–H groups in total. The SMILES string of the molecule is CSC(C)CNc1nc2ccc(F)cn2n1. The fourth-order valence-corrected chi connectivity index (χ4v) is 1.50. The second-order valence-corrected chi connectivity index (χ2v) is 4.79. The van der Waals surface area contributed by atoms with Crippen LogP contribution in [0, 0.1) is 5.82 Å². The van der Waals surface area contributed by atoms with Gasteiger partial charge < -0.3 is 5.32 Å². The van der Waals surface area contributed by atoms with Crippen LogP contribution in [0.25, 0.3) is 5.65 Å². The molecular formula is C10H13FN4S. The Kier molecular flexibility index (Phi) is 3.28. The van der Waals surface area contributed by atoms with Crippen LogP contribution in [-0.4, -0.2) is 32.6 Å². The van der Waals surface area contributed by atoms with E-state index in [1.165, 1.54) is 16.8 Å². The van der Waals surface area contributed by atoms with E-state index in [1.807, 2.05) is 0 Å². The van der Waals surface area contributed by atoms with Crippen LogP contribution in [0.5, 0.6) is 0 Å². The van der Waals surface area contributed by atoms with Gasteiger partial charge in [0.25, 0.3) is 0 Å². The predicted molar refractivity (Wildman–Crippen MR) is 64.4 cm³/mol. The van der Waals surface area contributed by atoms with Crippen molar-refractivity contribution in [2.24, 2.45) is 0 Å². The zero-order valence-corrected chi connectivity index (χ0v) is 9.96. The van der Waals surface area contributed by atoms with E-state index in [2.05, 4.69) is 28.6 Å². The van der Waals surface area contributed by atoms with E-state index in [9.17, 15) is 4.39 Å². The van der Waals surface area contributed by atoms with E-state index in [1.54, 1.807) is 17.8 Å². The lowest BCUT2D eigenvalue weighted by atomic mass is 10.5. The van der Waals surface area contributed by atoms with Gasteiger partial charge in [0.2, 0.25) is 5.95 Å². The zero-order valence-electron chi connectivity index (χ0n) is 9.14. The summed E-state index contributed by atoms with van der Waals surface area (Å²) in [6.07, 6.45) is 3.37. The lowest BCUT2D eigenvalue weighted by Crippen LogP contribution is -2.13. The summed E-state index contributed by atoms with van der Waals surface area (Å²) < 4.78 is 14.3. The molecule has 0 aliphatic rings. The number of nitrogens with zero attached hydrogens (tertiary/aromatic N) is 3. The Bertz CT molecular complexity index is 485. The van der Waals surface area contributed by atoms with Gasteiger partial charge in [-0.2, -0.15) is 16.7 Å². The van der Waals surface area contributed by atoms with E-state index < -0.39 is 0 Å². The number of hydrogen-bond acceptors (Lipinski definition) is 4. The maximum absolute atomic E-state index is 12.9. The number of halogens is 1. The van der Waals surface area contributed by atoms with Crippen LogP contribution in [0.15, 0.2) is 18.3 Å². The van der Waals surface area contributed by atoms with E-state index in [4.69, 9.17) is 0 Å². The van der Waals surface area contributed by atoms with Crippen LogP contribution in [0.1, 0.15) is 6.92 Å². The number of nitrogens with one attached hydrogen (secondary N) is 1. The van der Waals surface area contributed by atoms with Crippen LogP contribution in [0.2, 0.25) is 0 Å². The highest BCUT2D eigenvalue weighted by Crippen LogP contribution is 2.09. The fourth-order valence-electron chi connectivity index (χ4n) is 1.25. The molecule has 1 atom stereocenters. The summed E-state index contributed by atoms with van der Waals surface area (Å²) in [6.45, 7) is 2.91. The second-order valence-electron chi connectivity index (χ2n) is 3.51. The van der Waals surface area contributed by atoms with Crippen molar-refractivity contribution in [3.05, 3.63) is 24.1 Å². The van der Waals surface area contributed by atoms with Gasteiger partial charge in [0.15, 0.2) is 5.65 Å². The monoisotopic (exact) mass is 240 g/mol. The van der Waals surface area contributed by atoms with Crippen molar-refractivity contribution in [1.29, 1.82) is 0 Å². The molecule has 0 bridgehead atoms. The molecule has 0 saturated heterocycles. The maximum Gasteiger partial charge on any atom is 0.243 e. The Morgan fingerprint density at radius 1 is 1.56 bits per heavy atom. The molecule has 16 heavy (non-hydrogen) atoms. The van der Waals surface area contributed by atoms with Gasteiger partial charge in [0.1, 0.15) is 5.82 Å². The molecule has 0 amide bonds. The number of aromatic nitrogens is 3. The number of anilines is 1. The summed E-state index contributed by atoms with van der Waals surface area (Å²) in [5.41, 5.74) is 0.640. The largest absolute Gasteiger partial charge is 0.352 e. The molecule has 1 unspecified atom stereocenters. The van der Waals surface area contributed by atoms with E-state index in [-0.39, 0.29) is 5.82 Å². The van der Waals surface area contributed by atoms with Crippen molar-refractivity contribution in [2.75, 3.05) is 18.1 Å². The minimum atomic E-state index is -0.318. The summed E-state index contributed by atoms with van der Waals surface area (Å²) >= 11 is 1.77. The summed E-state index contributed by atoms with van der Waals surface area (Å²) in [5, 5.41) is 7.73. The van der Waals surface area contributed by atoms with E-state index in [0.29, 0.717) is 16.8 Å². The highest BCUT2D eigenvalue weighted by molar-refractivity contribution is 7.99. The molecule has 6 heteroatoms. The summed E-state index contributed by atoms with van der Waals surface area (Å²) in [6, 6.07) is 2.98. The molecule has 2 aromatic rings. The molecule has 2 rings (SSSR count). The summed E-state index contributed by atoms with van der Waals surface area (Å²) in [7, 11) is 0. The molecule has 2 aromatic heterocycles. The molecule has 0 aliphatic heterocycles. The van der Waals surface area contributed by atoms with Crippen molar-refractivity contribution in [3.63, 3.8) is 0 Å². The molecule has 86 valence electrons. The Morgan fingerprint density at radius 3 is 3.12 bits per heavy atom. The average molecular weight is 240 g/mol. The Morgan fingerprint density at radius 2 is 2.38 bits per heavy atom. The first-order chi connectivity index (χ1) is 7.69. The van der Waals surface area contributed by atoms with Gasteiger partial charge in [0, 0.05) is 11.8 Å². The standard InChI is InChI=1S/C10H13FN4S/c1-7(16-2)5-12-10-13-9-4-3-8(11)6-15(9)14-10/h3-4,6-7H,5H2,1-2H3,(H,12,14). The van der Waals surface area contributed by atoms with Crippen LogP contribution in [-0.2, 0) is 0 Å². The van der Waals surface area contributed by atoms with Crippen LogP contribution >= 0.6 is 11.8 Å². The number of rotatable bonds is 4. The molecule has 0 spiro atoms. The minimum absolute atomic E-state index is 0.318. The molecular weight excluding hydrogens is 227 g/mol. The van der Waals surface area contributed by atoms with Crippen molar-refractivity contribution in [1.82, 2.24) is 14.6 Å². The zero-order chi connectivity index (χ0) is 11.5. The van der Waals surface area contributed by atoms with Gasteiger partial charge in [-0.1, -0.05) is 6.92 Å². The van der Waals surface area contributed by atoms with Crippen LogP contribution < -0.4 is 5.32 Å². The van der Waals surface area contributed by atoms with Gasteiger partial charge in [-0.15, -0.1) is 5.10 Å². The normalized spacial score (nSPS) is 12.9. The molecule has 4 nitrogen and oxygen atoms in total. The fraction of sp³-hybridized carbons (Fsp3) is 0.400. The topological polar surface area (TPSA) is 42.2 Å².